The van der Waals surface area contributed by atoms with Crippen LogP contribution in [0.5, 0.6) is 11.5 Å². The van der Waals surface area contributed by atoms with E-state index in [-0.39, 0.29) is 16.4 Å². The number of rotatable bonds is 8. The summed E-state index contributed by atoms with van der Waals surface area (Å²) in [6, 6.07) is 18.6. The Morgan fingerprint density at radius 3 is 2.32 bits per heavy atom. The number of ether oxygens (including phenoxy) is 2. The molecule has 0 aliphatic rings. The smallest absolute Gasteiger partial charge is 0.262 e. The quantitative estimate of drug-likeness (QED) is 0.557. The highest BCUT2D eigenvalue weighted by molar-refractivity contribution is 7.92. The Hall–Kier alpha value is -3.52. The van der Waals surface area contributed by atoms with Crippen molar-refractivity contribution >= 4 is 21.6 Å². The monoisotopic (exact) mass is 440 g/mol. The van der Waals surface area contributed by atoms with Crippen molar-refractivity contribution in [1.82, 2.24) is 5.32 Å². The fraction of sp³-hybridized carbons (Fsp3) is 0.174. The van der Waals surface area contributed by atoms with Crippen molar-refractivity contribution in [3.05, 3.63) is 83.4 Å². The second kappa shape index (κ2) is 9.53. The maximum atomic E-state index is 13.0. The number of carbonyl (C=O) groups is 1. The molecule has 162 valence electrons. The molecule has 3 aromatic carbocycles. The summed E-state index contributed by atoms with van der Waals surface area (Å²) in [7, 11) is -0.881. The van der Waals surface area contributed by atoms with Crippen molar-refractivity contribution in [2.24, 2.45) is 0 Å². The normalized spacial score (nSPS) is 10.9. The van der Waals surface area contributed by atoms with Crippen LogP contribution in [0.4, 0.5) is 5.69 Å². The van der Waals surface area contributed by atoms with Crippen LogP contribution < -0.4 is 19.5 Å². The summed E-state index contributed by atoms with van der Waals surface area (Å²) in [6.45, 7) is 1.98. The summed E-state index contributed by atoms with van der Waals surface area (Å²) < 4.78 is 38.9. The predicted molar refractivity (Wildman–Crippen MR) is 119 cm³/mol. The lowest BCUT2D eigenvalue weighted by molar-refractivity contribution is 0.0950. The maximum absolute atomic E-state index is 13.0. The molecule has 0 aromatic heterocycles. The van der Waals surface area contributed by atoms with Crippen LogP contribution in [0.3, 0.4) is 0 Å². The van der Waals surface area contributed by atoms with E-state index in [1.54, 1.807) is 50.4 Å². The SMILES string of the molecule is COc1ccc(CNC(=O)c2ccc(C)c(S(=O)(=O)Nc3ccccc3OC)c2)cc1. The zero-order valence-electron chi connectivity index (χ0n) is 17.5. The molecule has 0 bridgehead atoms. The van der Waals surface area contributed by atoms with Gasteiger partial charge in [-0.2, -0.15) is 0 Å². The van der Waals surface area contributed by atoms with Gasteiger partial charge in [0.2, 0.25) is 0 Å². The molecule has 0 fully saturated rings. The number of hydrogen-bond acceptors (Lipinski definition) is 5. The standard InChI is InChI=1S/C23H24N2O5S/c1-16-8-11-18(23(26)24-15-17-9-12-19(29-2)13-10-17)14-22(16)31(27,28)25-20-6-4-5-7-21(20)30-3/h4-14,25H,15H2,1-3H3,(H,24,26). The third-order valence-corrected chi connectivity index (χ3v) is 6.21. The van der Waals surface area contributed by atoms with Gasteiger partial charge in [-0.3, -0.25) is 9.52 Å². The van der Waals surface area contributed by atoms with Gasteiger partial charge in [0.05, 0.1) is 24.8 Å². The van der Waals surface area contributed by atoms with E-state index >= 15 is 0 Å². The molecule has 0 unspecified atom stereocenters. The molecule has 0 atom stereocenters. The van der Waals surface area contributed by atoms with Crippen molar-refractivity contribution < 1.29 is 22.7 Å². The number of para-hydroxylation sites is 2. The Bertz CT molecular complexity index is 1170. The number of amides is 1. The number of sulfonamides is 1. The topological polar surface area (TPSA) is 93.7 Å². The third kappa shape index (κ3) is 5.35. The molecule has 0 spiro atoms. The summed E-state index contributed by atoms with van der Waals surface area (Å²) in [6.07, 6.45) is 0. The number of hydrogen-bond donors (Lipinski definition) is 2. The lowest BCUT2D eigenvalue weighted by atomic mass is 10.1. The molecular formula is C23H24N2O5S. The summed E-state index contributed by atoms with van der Waals surface area (Å²) in [5.74, 6) is 0.757. The number of nitrogens with one attached hydrogen (secondary N) is 2. The predicted octanol–water partition coefficient (Wildman–Crippen LogP) is 3.74. The van der Waals surface area contributed by atoms with E-state index < -0.39 is 10.0 Å². The van der Waals surface area contributed by atoms with Gasteiger partial charge in [0.1, 0.15) is 11.5 Å². The molecule has 31 heavy (non-hydrogen) atoms. The average Bonchev–Trinajstić information content (AvgIpc) is 2.78. The number of anilines is 1. The Morgan fingerprint density at radius 2 is 1.65 bits per heavy atom. The van der Waals surface area contributed by atoms with Gasteiger partial charge < -0.3 is 14.8 Å². The molecule has 0 saturated carbocycles. The number of aryl methyl sites for hydroxylation is 1. The first kappa shape index (κ1) is 22.2. The van der Waals surface area contributed by atoms with E-state index in [1.165, 1.54) is 13.2 Å². The third-order valence-electron chi connectivity index (χ3n) is 4.70. The molecule has 2 N–H and O–H groups in total. The molecule has 7 nitrogen and oxygen atoms in total. The molecule has 3 aromatic rings. The largest absolute Gasteiger partial charge is 0.497 e. The summed E-state index contributed by atoms with van der Waals surface area (Å²) in [5, 5.41) is 2.80. The van der Waals surface area contributed by atoms with Crippen LogP contribution in [-0.2, 0) is 16.6 Å². The summed E-state index contributed by atoms with van der Waals surface area (Å²) in [5.41, 5.74) is 1.99. The Balaban J connectivity index is 1.79. The second-order valence-electron chi connectivity index (χ2n) is 6.82. The molecule has 0 radical (unpaired) electrons. The Morgan fingerprint density at radius 1 is 0.935 bits per heavy atom. The molecule has 0 heterocycles. The number of carbonyl (C=O) groups excluding carboxylic acids is 1. The molecule has 0 saturated heterocycles. The van der Waals surface area contributed by atoms with Gasteiger partial charge >= 0.3 is 0 Å². The zero-order chi connectivity index (χ0) is 22.4. The lowest BCUT2D eigenvalue weighted by Gasteiger charge is -2.14. The van der Waals surface area contributed by atoms with E-state index in [4.69, 9.17) is 9.47 Å². The fourth-order valence-electron chi connectivity index (χ4n) is 2.99. The van der Waals surface area contributed by atoms with Crippen LogP contribution in [0.15, 0.2) is 71.6 Å². The van der Waals surface area contributed by atoms with Gasteiger partial charge in [-0.15, -0.1) is 0 Å². The number of benzene rings is 3. The molecular weight excluding hydrogens is 416 g/mol. The summed E-state index contributed by atoms with van der Waals surface area (Å²) >= 11 is 0. The lowest BCUT2D eigenvalue weighted by Crippen LogP contribution is -2.23. The van der Waals surface area contributed by atoms with E-state index in [2.05, 4.69) is 10.0 Å². The minimum Gasteiger partial charge on any atom is -0.497 e. The molecule has 1 amide bonds. The maximum Gasteiger partial charge on any atom is 0.262 e. The first-order chi connectivity index (χ1) is 14.8. The van der Waals surface area contributed by atoms with Crippen LogP contribution in [0.2, 0.25) is 0 Å². The zero-order valence-corrected chi connectivity index (χ0v) is 18.3. The van der Waals surface area contributed by atoms with E-state index in [0.717, 1.165) is 11.3 Å². The highest BCUT2D eigenvalue weighted by Gasteiger charge is 2.20. The van der Waals surface area contributed by atoms with Crippen molar-refractivity contribution in [1.29, 1.82) is 0 Å². The van der Waals surface area contributed by atoms with Gasteiger partial charge in [0.25, 0.3) is 15.9 Å². The van der Waals surface area contributed by atoms with Crippen LogP contribution in [0.25, 0.3) is 0 Å². The highest BCUT2D eigenvalue weighted by Crippen LogP contribution is 2.27. The number of methoxy groups -OCH3 is 2. The van der Waals surface area contributed by atoms with Crippen molar-refractivity contribution in [2.45, 2.75) is 18.4 Å². The van der Waals surface area contributed by atoms with E-state index in [9.17, 15) is 13.2 Å². The van der Waals surface area contributed by atoms with Crippen LogP contribution >= 0.6 is 0 Å². The highest BCUT2D eigenvalue weighted by atomic mass is 32.2. The van der Waals surface area contributed by atoms with Crippen molar-refractivity contribution in [2.75, 3.05) is 18.9 Å². The van der Waals surface area contributed by atoms with Gasteiger partial charge in [0.15, 0.2) is 0 Å². The van der Waals surface area contributed by atoms with E-state index in [1.807, 2.05) is 24.3 Å². The molecule has 8 heteroatoms. The van der Waals surface area contributed by atoms with Crippen molar-refractivity contribution in [3.8, 4) is 11.5 Å². The second-order valence-corrected chi connectivity index (χ2v) is 8.47. The minimum absolute atomic E-state index is 0.0236. The molecule has 0 aliphatic heterocycles. The van der Waals surface area contributed by atoms with Gasteiger partial charge in [-0.05, 0) is 54.4 Å². The van der Waals surface area contributed by atoms with Crippen LogP contribution in [0, 0.1) is 6.92 Å². The Kier molecular flexibility index (Phi) is 6.81. The van der Waals surface area contributed by atoms with E-state index in [0.29, 0.717) is 23.5 Å². The molecule has 0 aliphatic carbocycles. The first-order valence-electron chi connectivity index (χ1n) is 9.51. The van der Waals surface area contributed by atoms with Gasteiger partial charge in [0, 0.05) is 12.1 Å². The van der Waals surface area contributed by atoms with Gasteiger partial charge in [-0.1, -0.05) is 30.3 Å². The van der Waals surface area contributed by atoms with Crippen molar-refractivity contribution in [3.63, 3.8) is 0 Å². The first-order valence-corrected chi connectivity index (χ1v) is 11.0. The fourth-order valence-corrected chi connectivity index (χ4v) is 4.33. The van der Waals surface area contributed by atoms with Gasteiger partial charge in [-0.25, -0.2) is 8.42 Å². The van der Waals surface area contributed by atoms with Crippen LogP contribution in [-0.4, -0.2) is 28.5 Å². The average molecular weight is 441 g/mol. The summed E-state index contributed by atoms with van der Waals surface area (Å²) in [4.78, 5) is 12.6. The molecule has 3 rings (SSSR count). The minimum atomic E-state index is -3.93. The Labute approximate surface area is 182 Å². The van der Waals surface area contributed by atoms with Crippen LogP contribution in [0.1, 0.15) is 21.5 Å².